The van der Waals surface area contributed by atoms with Crippen LogP contribution in [0.2, 0.25) is 0 Å². The summed E-state index contributed by atoms with van der Waals surface area (Å²) in [5.41, 5.74) is 6.83. The van der Waals surface area contributed by atoms with Gasteiger partial charge in [-0.05, 0) is 31.0 Å². The standard InChI is InChI=1S/C17H25N3O4/c1-23-13(11-18)10-16(21)19-12-6-7-15(24-2)14(9-12)20-8-4-3-5-17(20)22/h6-7,9,13H,3-5,8,10-11,18H2,1-2H3,(H,19,21). The Morgan fingerprint density at radius 1 is 1.38 bits per heavy atom. The van der Waals surface area contributed by atoms with E-state index in [1.54, 1.807) is 30.2 Å². The highest BCUT2D eigenvalue weighted by Gasteiger charge is 2.23. The van der Waals surface area contributed by atoms with Gasteiger partial charge in [0.25, 0.3) is 0 Å². The number of methoxy groups -OCH3 is 2. The summed E-state index contributed by atoms with van der Waals surface area (Å²) in [5, 5.41) is 2.82. The zero-order valence-corrected chi connectivity index (χ0v) is 14.2. The van der Waals surface area contributed by atoms with Gasteiger partial charge in [0, 0.05) is 32.3 Å². The number of piperidine rings is 1. The number of hydrogen-bond donors (Lipinski definition) is 2. The Morgan fingerprint density at radius 2 is 2.17 bits per heavy atom. The van der Waals surface area contributed by atoms with Gasteiger partial charge in [-0.3, -0.25) is 9.59 Å². The molecule has 3 N–H and O–H groups in total. The van der Waals surface area contributed by atoms with Crippen molar-refractivity contribution >= 4 is 23.2 Å². The first-order valence-electron chi connectivity index (χ1n) is 8.10. The van der Waals surface area contributed by atoms with Gasteiger partial charge in [0.2, 0.25) is 11.8 Å². The highest BCUT2D eigenvalue weighted by atomic mass is 16.5. The van der Waals surface area contributed by atoms with E-state index in [0.29, 0.717) is 30.1 Å². The van der Waals surface area contributed by atoms with Crippen molar-refractivity contribution in [3.05, 3.63) is 18.2 Å². The van der Waals surface area contributed by atoms with Crippen LogP contribution >= 0.6 is 0 Å². The second-order valence-corrected chi connectivity index (χ2v) is 5.73. The molecule has 1 aromatic carbocycles. The van der Waals surface area contributed by atoms with E-state index >= 15 is 0 Å². The third-order valence-electron chi connectivity index (χ3n) is 4.09. The van der Waals surface area contributed by atoms with Crippen LogP contribution in [0.4, 0.5) is 11.4 Å². The summed E-state index contributed by atoms with van der Waals surface area (Å²) >= 11 is 0. The van der Waals surface area contributed by atoms with E-state index in [0.717, 1.165) is 12.8 Å². The first-order chi connectivity index (χ1) is 11.6. The van der Waals surface area contributed by atoms with E-state index in [1.165, 1.54) is 7.11 Å². The van der Waals surface area contributed by atoms with E-state index in [-0.39, 0.29) is 30.9 Å². The number of carbonyl (C=O) groups excluding carboxylic acids is 2. The van der Waals surface area contributed by atoms with Crippen LogP contribution in [0, 0.1) is 0 Å². The van der Waals surface area contributed by atoms with Crippen LogP contribution in [-0.2, 0) is 14.3 Å². The SMILES string of the molecule is COc1ccc(NC(=O)CC(CN)OC)cc1N1CCCCC1=O. The number of ether oxygens (including phenoxy) is 2. The molecule has 1 heterocycles. The summed E-state index contributed by atoms with van der Waals surface area (Å²) in [7, 11) is 3.09. The maximum absolute atomic E-state index is 12.2. The minimum atomic E-state index is -0.314. The first kappa shape index (κ1) is 18.2. The lowest BCUT2D eigenvalue weighted by Gasteiger charge is -2.28. The molecule has 24 heavy (non-hydrogen) atoms. The Hall–Kier alpha value is -2.12. The molecule has 1 unspecified atom stereocenters. The van der Waals surface area contributed by atoms with Crippen LogP contribution in [-0.4, -0.2) is 45.2 Å². The molecule has 0 radical (unpaired) electrons. The lowest BCUT2D eigenvalue weighted by molar-refractivity contribution is -0.119. The summed E-state index contributed by atoms with van der Waals surface area (Å²) in [6.45, 7) is 0.936. The molecule has 1 atom stereocenters. The van der Waals surface area contributed by atoms with Gasteiger partial charge in [-0.25, -0.2) is 0 Å². The lowest BCUT2D eigenvalue weighted by Crippen LogP contribution is -2.35. The van der Waals surface area contributed by atoms with Gasteiger partial charge in [0.15, 0.2) is 0 Å². The predicted molar refractivity (Wildman–Crippen MR) is 92.3 cm³/mol. The molecule has 7 nitrogen and oxygen atoms in total. The monoisotopic (exact) mass is 335 g/mol. The summed E-state index contributed by atoms with van der Waals surface area (Å²) in [6, 6.07) is 5.27. The quantitative estimate of drug-likeness (QED) is 0.788. The smallest absolute Gasteiger partial charge is 0.227 e. The maximum atomic E-state index is 12.2. The van der Waals surface area contributed by atoms with Crippen molar-refractivity contribution in [1.82, 2.24) is 0 Å². The molecular weight excluding hydrogens is 310 g/mol. The van der Waals surface area contributed by atoms with Crippen LogP contribution in [0.15, 0.2) is 18.2 Å². The Morgan fingerprint density at radius 3 is 2.79 bits per heavy atom. The number of anilines is 2. The van der Waals surface area contributed by atoms with Crippen LogP contribution < -0.4 is 20.7 Å². The number of amides is 2. The summed E-state index contributed by atoms with van der Waals surface area (Å²) in [4.78, 5) is 26.0. The van der Waals surface area contributed by atoms with E-state index < -0.39 is 0 Å². The normalized spacial score (nSPS) is 16.0. The first-order valence-corrected chi connectivity index (χ1v) is 8.10. The number of nitrogens with zero attached hydrogens (tertiary/aromatic N) is 1. The number of rotatable bonds is 7. The summed E-state index contributed by atoms with van der Waals surface area (Å²) in [6.07, 6.45) is 2.26. The van der Waals surface area contributed by atoms with Gasteiger partial charge in [-0.15, -0.1) is 0 Å². The van der Waals surface area contributed by atoms with Crippen molar-refractivity contribution < 1.29 is 19.1 Å². The molecule has 1 fully saturated rings. The van der Waals surface area contributed by atoms with Gasteiger partial charge in [0.05, 0.1) is 25.3 Å². The highest BCUT2D eigenvalue weighted by molar-refractivity contribution is 5.97. The Kier molecular flexibility index (Phi) is 6.57. The van der Waals surface area contributed by atoms with Crippen LogP contribution in [0.5, 0.6) is 5.75 Å². The van der Waals surface area contributed by atoms with Gasteiger partial charge >= 0.3 is 0 Å². The largest absolute Gasteiger partial charge is 0.495 e. The summed E-state index contributed by atoms with van der Waals surface area (Å²) in [5.74, 6) is 0.499. The van der Waals surface area contributed by atoms with Gasteiger partial charge in [-0.1, -0.05) is 0 Å². The fourth-order valence-electron chi connectivity index (χ4n) is 2.72. The highest BCUT2D eigenvalue weighted by Crippen LogP contribution is 2.33. The minimum absolute atomic E-state index is 0.0746. The number of carbonyl (C=O) groups is 2. The molecule has 132 valence electrons. The zero-order chi connectivity index (χ0) is 17.5. The molecule has 2 amide bonds. The molecule has 7 heteroatoms. The Bertz CT molecular complexity index is 587. The van der Waals surface area contributed by atoms with E-state index in [9.17, 15) is 9.59 Å². The minimum Gasteiger partial charge on any atom is -0.495 e. The molecular formula is C17H25N3O4. The molecule has 1 aliphatic rings. The van der Waals surface area contributed by atoms with Crippen molar-refractivity contribution in [2.45, 2.75) is 31.8 Å². The molecule has 1 aromatic rings. The van der Waals surface area contributed by atoms with Crippen molar-refractivity contribution in [2.24, 2.45) is 5.73 Å². The molecule has 1 aliphatic heterocycles. The van der Waals surface area contributed by atoms with Gasteiger partial charge < -0.3 is 25.4 Å². The van der Waals surface area contributed by atoms with Crippen molar-refractivity contribution in [3.63, 3.8) is 0 Å². The molecule has 0 saturated carbocycles. The predicted octanol–water partition coefficient (Wildman–Crippen LogP) is 1.51. The summed E-state index contributed by atoms with van der Waals surface area (Å²) < 4.78 is 10.5. The van der Waals surface area contributed by atoms with E-state index in [2.05, 4.69) is 5.32 Å². The second-order valence-electron chi connectivity index (χ2n) is 5.73. The van der Waals surface area contributed by atoms with E-state index in [1.807, 2.05) is 0 Å². The third kappa shape index (κ3) is 4.46. The van der Waals surface area contributed by atoms with Crippen molar-refractivity contribution in [3.8, 4) is 5.75 Å². The Balaban J connectivity index is 2.16. The van der Waals surface area contributed by atoms with E-state index in [4.69, 9.17) is 15.2 Å². The average Bonchev–Trinajstić information content (AvgIpc) is 2.60. The lowest BCUT2D eigenvalue weighted by atomic mass is 10.1. The van der Waals surface area contributed by atoms with Crippen LogP contribution in [0.25, 0.3) is 0 Å². The van der Waals surface area contributed by atoms with Gasteiger partial charge in [-0.2, -0.15) is 0 Å². The maximum Gasteiger partial charge on any atom is 0.227 e. The molecule has 0 aliphatic carbocycles. The number of nitrogens with one attached hydrogen (secondary N) is 1. The topological polar surface area (TPSA) is 93.9 Å². The number of benzene rings is 1. The van der Waals surface area contributed by atoms with Crippen molar-refractivity contribution in [2.75, 3.05) is 37.5 Å². The average molecular weight is 335 g/mol. The van der Waals surface area contributed by atoms with Gasteiger partial charge in [0.1, 0.15) is 5.75 Å². The molecule has 0 bridgehead atoms. The molecule has 1 saturated heterocycles. The van der Waals surface area contributed by atoms with Crippen LogP contribution in [0.3, 0.4) is 0 Å². The fourth-order valence-corrected chi connectivity index (χ4v) is 2.72. The Labute approximate surface area is 142 Å². The number of hydrogen-bond acceptors (Lipinski definition) is 5. The molecule has 2 rings (SSSR count). The second kappa shape index (κ2) is 8.65. The third-order valence-corrected chi connectivity index (χ3v) is 4.09. The fraction of sp³-hybridized carbons (Fsp3) is 0.529. The van der Waals surface area contributed by atoms with Crippen LogP contribution in [0.1, 0.15) is 25.7 Å². The molecule has 0 aromatic heterocycles. The zero-order valence-electron chi connectivity index (χ0n) is 14.2. The number of nitrogens with two attached hydrogens (primary N) is 1. The molecule has 0 spiro atoms. The van der Waals surface area contributed by atoms with Crippen molar-refractivity contribution in [1.29, 1.82) is 0 Å².